The van der Waals surface area contributed by atoms with Crippen LogP contribution in [0.5, 0.6) is 17.2 Å². The zero-order valence-electron chi connectivity index (χ0n) is 14.4. The van der Waals surface area contributed by atoms with Gasteiger partial charge in [-0.15, -0.1) is 0 Å². The van der Waals surface area contributed by atoms with E-state index in [1.54, 1.807) is 24.4 Å². The quantitative estimate of drug-likeness (QED) is 0.698. The van der Waals surface area contributed by atoms with Crippen LogP contribution in [0.1, 0.15) is 5.56 Å². The van der Waals surface area contributed by atoms with Crippen LogP contribution in [0.25, 0.3) is 11.1 Å². The van der Waals surface area contributed by atoms with Crippen molar-refractivity contribution in [3.05, 3.63) is 53.2 Å². The Morgan fingerprint density at radius 3 is 2.96 bits per heavy atom. The Morgan fingerprint density at radius 1 is 1.26 bits per heavy atom. The van der Waals surface area contributed by atoms with Gasteiger partial charge < -0.3 is 19.5 Å². The maximum Gasteiger partial charge on any atom is 0.263 e. The number of rotatable bonds is 5. The smallest absolute Gasteiger partial charge is 0.263 e. The van der Waals surface area contributed by atoms with Gasteiger partial charge in [0.1, 0.15) is 11.6 Å². The highest BCUT2D eigenvalue weighted by Crippen LogP contribution is 2.37. The first-order valence-electron chi connectivity index (χ1n) is 8.22. The third kappa shape index (κ3) is 3.68. The Bertz CT molecular complexity index is 1000. The predicted molar refractivity (Wildman–Crippen MR) is 100 cm³/mol. The molecule has 138 valence electrons. The number of aryl methyl sites for hydroxylation is 1. The summed E-state index contributed by atoms with van der Waals surface area (Å²) < 4.78 is 16.3. The van der Waals surface area contributed by atoms with Crippen molar-refractivity contribution < 1.29 is 19.0 Å². The van der Waals surface area contributed by atoms with E-state index in [0.717, 1.165) is 16.7 Å². The van der Waals surface area contributed by atoms with E-state index < -0.39 is 0 Å². The van der Waals surface area contributed by atoms with Crippen molar-refractivity contribution in [3.8, 4) is 28.4 Å². The first kappa shape index (κ1) is 17.2. The molecule has 1 aliphatic rings. The number of nitrogens with one attached hydrogen (secondary N) is 2. The van der Waals surface area contributed by atoms with Crippen molar-refractivity contribution in [2.45, 2.75) is 6.92 Å². The van der Waals surface area contributed by atoms with Gasteiger partial charge in [-0.25, -0.2) is 0 Å². The summed E-state index contributed by atoms with van der Waals surface area (Å²) in [6, 6.07) is 10.8. The second kappa shape index (κ2) is 7.20. The molecule has 0 fully saturated rings. The number of amides is 1. The summed E-state index contributed by atoms with van der Waals surface area (Å²) in [7, 11) is 0. The number of aromatic amines is 1. The number of carbonyl (C=O) groups excluding carboxylic acids is 1. The van der Waals surface area contributed by atoms with Crippen molar-refractivity contribution in [1.82, 2.24) is 10.2 Å². The number of fused-ring (bicyclic) bond motifs is 1. The average molecular weight is 386 g/mol. The number of halogens is 1. The molecule has 0 bridgehead atoms. The highest BCUT2D eigenvalue weighted by atomic mass is 35.5. The largest absolute Gasteiger partial charge is 0.483 e. The lowest BCUT2D eigenvalue weighted by molar-refractivity contribution is -0.118. The molecule has 2 N–H and O–H groups in total. The van der Waals surface area contributed by atoms with Gasteiger partial charge in [-0.3, -0.25) is 9.89 Å². The van der Waals surface area contributed by atoms with Crippen LogP contribution in [0.2, 0.25) is 5.02 Å². The standard InChI is InChI=1S/C19H16ClN3O4/c1-11-6-13(20)3-5-15(11)25-9-18(24)22-19-14(8-21-23-19)12-2-4-16-17(7-12)27-10-26-16/h2-8H,9-10H2,1H3,(H2,21,22,23,24). The number of hydrogen-bond donors (Lipinski definition) is 2. The minimum Gasteiger partial charge on any atom is -0.483 e. The second-order valence-corrected chi connectivity index (χ2v) is 6.41. The van der Waals surface area contributed by atoms with E-state index in [0.29, 0.717) is 28.1 Å². The lowest BCUT2D eigenvalue weighted by atomic mass is 10.1. The van der Waals surface area contributed by atoms with E-state index in [-0.39, 0.29) is 19.3 Å². The molecule has 1 amide bonds. The number of ether oxygens (including phenoxy) is 3. The van der Waals surface area contributed by atoms with Gasteiger partial charge in [-0.2, -0.15) is 5.10 Å². The molecule has 0 saturated heterocycles. The minimum atomic E-state index is -0.310. The van der Waals surface area contributed by atoms with Crippen molar-refractivity contribution in [2.24, 2.45) is 0 Å². The van der Waals surface area contributed by atoms with Gasteiger partial charge in [0, 0.05) is 10.6 Å². The van der Waals surface area contributed by atoms with Gasteiger partial charge in [0.25, 0.3) is 5.91 Å². The zero-order valence-corrected chi connectivity index (χ0v) is 15.2. The second-order valence-electron chi connectivity index (χ2n) is 5.97. The molecule has 3 aromatic rings. The number of aromatic nitrogens is 2. The van der Waals surface area contributed by atoms with Gasteiger partial charge in [-0.05, 0) is 48.4 Å². The molecule has 1 aliphatic heterocycles. The van der Waals surface area contributed by atoms with Crippen LogP contribution in [-0.4, -0.2) is 29.5 Å². The van der Waals surface area contributed by atoms with Crippen LogP contribution in [0.15, 0.2) is 42.6 Å². The minimum absolute atomic E-state index is 0.137. The highest BCUT2D eigenvalue weighted by Gasteiger charge is 2.17. The van der Waals surface area contributed by atoms with Crippen molar-refractivity contribution in [2.75, 3.05) is 18.7 Å². The molecular weight excluding hydrogens is 370 g/mol. The van der Waals surface area contributed by atoms with Gasteiger partial charge >= 0.3 is 0 Å². The number of anilines is 1. The van der Waals surface area contributed by atoms with E-state index in [1.165, 1.54) is 0 Å². The molecule has 0 saturated carbocycles. The zero-order chi connectivity index (χ0) is 18.8. The summed E-state index contributed by atoms with van der Waals surface area (Å²) in [5.74, 6) is 2.13. The topological polar surface area (TPSA) is 85.5 Å². The van der Waals surface area contributed by atoms with Crippen molar-refractivity contribution >= 4 is 23.3 Å². The number of nitrogens with zero attached hydrogens (tertiary/aromatic N) is 1. The molecule has 0 aliphatic carbocycles. The maximum absolute atomic E-state index is 12.3. The first-order chi connectivity index (χ1) is 13.1. The molecule has 1 aromatic heterocycles. The predicted octanol–water partition coefficient (Wildman–Crippen LogP) is 3.78. The van der Waals surface area contributed by atoms with E-state index >= 15 is 0 Å². The van der Waals surface area contributed by atoms with Crippen molar-refractivity contribution in [3.63, 3.8) is 0 Å². The number of benzene rings is 2. The molecule has 0 atom stereocenters. The fraction of sp³-hybridized carbons (Fsp3) is 0.158. The maximum atomic E-state index is 12.3. The Morgan fingerprint density at radius 2 is 2.11 bits per heavy atom. The normalized spacial score (nSPS) is 12.1. The molecule has 2 aromatic carbocycles. The third-order valence-corrected chi connectivity index (χ3v) is 4.32. The molecule has 27 heavy (non-hydrogen) atoms. The van der Waals surface area contributed by atoms with Gasteiger partial charge in [0.05, 0.1) is 6.20 Å². The van der Waals surface area contributed by atoms with Crippen LogP contribution in [-0.2, 0) is 4.79 Å². The molecule has 7 nitrogen and oxygen atoms in total. The van der Waals surface area contributed by atoms with E-state index in [4.69, 9.17) is 25.8 Å². The lowest BCUT2D eigenvalue weighted by Crippen LogP contribution is -2.21. The molecule has 2 heterocycles. The number of hydrogen-bond acceptors (Lipinski definition) is 5. The molecular formula is C19H16ClN3O4. The van der Waals surface area contributed by atoms with Crippen molar-refractivity contribution in [1.29, 1.82) is 0 Å². The monoisotopic (exact) mass is 385 g/mol. The Balaban J connectivity index is 1.44. The van der Waals surface area contributed by atoms with Crippen LogP contribution < -0.4 is 19.5 Å². The summed E-state index contributed by atoms with van der Waals surface area (Å²) >= 11 is 5.92. The fourth-order valence-corrected chi connectivity index (χ4v) is 2.98. The summed E-state index contributed by atoms with van der Waals surface area (Å²) in [6.45, 7) is 1.93. The highest BCUT2D eigenvalue weighted by molar-refractivity contribution is 6.30. The summed E-state index contributed by atoms with van der Waals surface area (Å²) in [5, 5.41) is 10.2. The SMILES string of the molecule is Cc1cc(Cl)ccc1OCC(=O)Nc1[nH]ncc1-c1ccc2c(c1)OCO2. The van der Waals surface area contributed by atoms with Crippen LogP contribution in [0.3, 0.4) is 0 Å². The molecule has 4 rings (SSSR count). The lowest BCUT2D eigenvalue weighted by Gasteiger charge is -2.10. The molecule has 0 radical (unpaired) electrons. The van der Waals surface area contributed by atoms with E-state index in [1.807, 2.05) is 25.1 Å². The number of H-pyrrole nitrogens is 1. The average Bonchev–Trinajstić information content (AvgIpc) is 3.29. The van der Waals surface area contributed by atoms with Crippen LogP contribution >= 0.6 is 11.6 Å². The number of carbonyl (C=O) groups is 1. The molecule has 0 spiro atoms. The van der Waals surface area contributed by atoms with Crippen LogP contribution in [0.4, 0.5) is 5.82 Å². The Kier molecular flexibility index (Phi) is 4.60. The molecule has 8 heteroatoms. The Hall–Kier alpha value is -3.19. The summed E-state index contributed by atoms with van der Waals surface area (Å²) in [6.07, 6.45) is 1.64. The van der Waals surface area contributed by atoms with Gasteiger partial charge in [0.15, 0.2) is 18.1 Å². The summed E-state index contributed by atoms with van der Waals surface area (Å²) in [5.41, 5.74) is 2.44. The Labute approximate surface area is 160 Å². The van der Waals surface area contributed by atoms with Gasteiger partial charge in [0.2, 0.25) is 6.79 Å². The van der Waals surface area contributed by atoms with Gasteiger partial charge in [-0.1, -0.05) is 17.7 Å². The third-order valence-electron chi connectivity index (χ3n) is 4.08. The van der Waals surface area contributed by atoms with Crippen LogP contribution in [0, 0.1) is 6.92 Å². The fourth-order valence-electron chi connectivity index (χ4n) is 2.76. The summed E-state index contributed by atoms with van der Waals surface area (Å²) in [4.78, 5) is 12.3. The molecule has 0 unspecified atom stereocenters. The van der Waals surface area contributed by atoms with E-state index in [9.17, 15) is 4.79 Å². The van der Waals surface area contributed by atoms with E-state index in [2.05, 4.69) is 15.5 Å². The first-order valence-corrected chi connectivity index (χ1v) is 8.60.